The third kappa shape index (κ3) is 3.71. The Kier molecular flexibility index (Phi) is 5.67. The van der Waals surface area contributed by atoms with Crippen molar-refractivity contribution in [1.29, 1.82) is 0 Å². The highest BCUT2D eigenvalue weighted by molar-refractivity contribution is 4.93. The number of hydrogen-bond acceptors (Lipinski definition) is 3. The van der Waals surface area contributed by atoms with Crippen molar-refractivity contribution in [2.45, 2.75) is 77.0 Å². The lowest BCUT2D eigenvalue weighted by atomic mass is 9.85. The molecular weight excluding hydrogens is 236 g/mol. The van der Waals surface area contributed by atoms with E-state index in [9.17, 15) is 0 Å². The first kappa shape index (κ1) is 15.3. The lowest BCUT2D eigenvalue weighted by Gasteiger charge is -2.43. The number of hydrogen-bond donors (Lipinski definition) is 1. The molecule has 19 heavy (non-hydrogen) atoms. The SMILES string of the molecule is CCCNC1CCN(C2CCOC(CC)(CC)C2)C1. The summed E-state index contributed by atoms with van der Waals surface area (Å²) in [4.78, 5) is 2.72. The van der Waals surface area contributed by atoms with Gasteiger partial charge in [-0.05, 0) is 45.1 Å². The van der Waals surface area contributed by atoms with Crippen LogP contribution in [0, 0.1) is 0 Å². The molecule has 2 unspecified atom stereocenters. The van der Waals surface area contributed by atoms with E-state index in [0.29, 0.717) is 0 Å². The zero-order valence-electron chi connectivity index (χ0n) is 13.1. The molecule has 0 radical (unpaired) electrons. The van der Waals surface area contributed by atoms with Crippen LogP contribution in [0.4, 0.5) is 0 Å². The summed E-state index contributed by atoms with van der Waals surface area (Å²) in [5.74, 6) is 0. The van der Waals surface area contributed by atoms with Crippen molar-refractivity contribution >= 4 is 0 Å². The zero-order chi connectivity index (χ0) is 13.7. The van der Waals surface area contributed by atoms with E-state index in [1.54, 1.807) is 0 Å². The minimum absolute atomic E-state index is 0.165. The van der Waals surface area contributed by atoms with Crippen LogP contribution in [0.2, 0.25) is 0 Å². The molecule has 2 heterocycles. The third-order valence-electron chi connectivity index (χ3n) is 5.17. The van der Waals surface area contributed by atoms with Crippen LogP contribution in [0.5, 0.6) is 0 Å². The van der Waals surface area contributed by atoms with Gasteiger partial charge in [-0.15, -0.1) is 0 Å². The Bertz CT molecular complexity index is 265. The lowest BCUT2D eigenvalue weighted by molar-refractivity contribution is -0.108. The van der Waals surface area contributed by atoms with Crippen LogP contribution in [-0.2, 0) is 4.74 Å². The summed E-state index contributed by atoms with van der Waals surface area (Å²) in [6.07, 6.45) is 7.34. The predicted molar refractivity (Wildman–Crippen MR) is 80.6 cm³/mol. The maximum atomic E-state index is 6.10. The fraction of sp³-hybridized carbons (Fsp3) is 1.00. The van der Waals surface area contributed by atoms with Crippen molar-refractivity contribution in [3.05, 3.63) is 0 Å². The number of nitrogens with zero attached hydrogens (tertiary/aromatic N) is 1. The van der Waals surface area contributed by atoms with Crippen LogP contribution in [0.3, 0.4) is 0 Å². The largest absolute Gasteiger partial charge is 0.375 e. The molecule has 0 bridgehead atoms. The van der Waals surface area contributed by atoms with E-state index in [1.807, 2.05) is 0 Å². The molecule has 112 valence electrons. The molecular formula is C16H32N2O. The van der Waals surface area contributed by atoms with Crippen LogP contribution in [-0.4, -0.2) is 48.8 Å². The molecule has 0 spiro atoms. The smallest absolute Gasteiger partial charge is 0.0692 e. The molecule has 3 nitrogen and oxygen atoms in total. The zero-order valence-corrected chi connectivity index (χ0v) is 13.1. The number of nitrogens with one attached hydrogen (secondary N) is 1. The highest BCUT2D eigenvalue weighted by Gasteiger charge is 2.38. The molecule has 2 saturated heterocycles. The molecule has 0 aromatic carbocycles. The molecule has 3 heteroatoms. The van der Waals surface area contributed by atoms with Crippen LogP contribution in [0.15, 0.2) is 0 Å². The summed E-state index contributed by atoms with van der Waals surface area (Å²) < 4.78 is 6.10. The average molecular weight is 268 g/mol. The van der Waals surface area contributed by atoms with E-state index in [4.69, 9.17) is 4.74 Å². The third-order valence-corrected chi connectivity index (χ3v) is 5.17. The van der Waals surface area contributed by atoms with Crippen molar-refractivity contribution in [1.82, 2.24) is 10.2 Å². The highest BCUT2D eigenvalue weighted by atomic mass is 16.5. The second-order valence-corrected chi connectivity index (χ2v) is 6.32. The molecule has 1 N–H and O–H groups in total. The van der Waals surface area contributed by atoms with E-state index < -0.39 is 0 Å². The van der Waals surface area contributed by atoms with Gasteiger partial charge in [-0.2, -0.15) is 0 Å². The second-order valence-electron chi connectivity index (χ2n) is 6.32. The number of rotatable bonds is 6. The van der Waals surface area contributed by atoms with E-state index in [2.05, 4.69) is 31.0 Å². The second kappa shape index (κ2) is 7.05. The molecule has 0 aromatic heterocycles. The Morgan fingerprint density at radius 2 is 2.00 bits per heavy atom. The van der Waals surface area contributed by atoms with Crippen LogP contribution in [0.25, 0.3) is 0 Å². The molecule has 0 amide bonds. The Morgan fingerprint density at radius 1 is 1.21 bits per heavy atom. The highest BCUT2D eigenvalue weighted by Crippen LogP contribution is 2.34. The van der Waals surface area contributed by atoms with Gasteiger partial charge in [0.15, 0.2) is 0 Å². The van der Waals surface area contributed by atoms with E-state index >= 15 is 0 Å². The minimum Gasteiger partial charge on any atom is -0.375 e. The maximum Gasteiger partial charge on any atom is 0.0692 e. The average Bonchev–Trinajstić information content (AvgIpc) is 2.94. The van der Waals surface area contributed by atoms with Gasteiger partial charge in [0.25, 0.3) is 0 Å². The van der Waals surface area contributed by atoms with Crippen molar-refractivity contribution < 1.29 is 4.74 Å². The standard InChI is InChI=1S/C16H32N2O/c1-4-9-17-14-7-10-18(13-14)15-8-11-19-16(5-2,6-3)12-15/h14-15,17H,4-13H2,1-3H3. The van der Waals surface area contributed by atoms with E-state index in [0.717, 1.165) is 31.5 Å². The van der Waals surface area contributed by atoms with Gasteiger partial charge in [0.1, 0.15) is 0 Å². The van der Waals surface area contributed by atoms with Crippen molar-refractivity contribution in [3.8, 4) is 0 Å². The number of likely N-dealkylation sites (tertiary alicyclic amines) is 1. The maximum absolute atomic E-state index is 6.10. The van der Waals surface area contributed by atoms with Gasteiger partial charge in [-0.1, -0.05) is 20.8 Å². The Balaban J connectivity index is 1.85. The van der Waals surface area contributed by atoms with E-state index in [1.165, 1.54) is 45.3 Å². The summed E-state index contributed by atoms with van der Waals surface area (Å²) in [5, 5.41) is 3.68. The summed E-state index contributed by atoms with van der Waals surface area (Å²) in [5.41, 5.74) is 0.165. The molecule has 2 aliphatic heterocycles. The Labute approximate surface area is 119 Å². The molecule has 0 aliphatic carbocycles. The van der Waals surface area contributed by atoms with Gasteiger partial charge < -0.3 is 10.1 Å². The Morgan fingerprint density at radius 3 is 2.68 bits per heavy atom. The monoisotopic (exact) mass is 268 g/mol. The first-order valence-electron chi connectivity index (χ1n) is 8.34. The van der Waals surface area contributed by atoms with Crippen LogP contribution in [0.1, 0.15) is 59.3 Å². The fourth-order valence-electron chi connectivity index (χ4n) is 3.69. The number of ether oxygens (including phenoxy) is 1. The minimum atomic E-state index is 0.165. The fourth-order valence-corrected chi connectivity index (χ4v) is 3.69. The molecule has 0 aromatic rings. The van der Waals surface area contributed by atoms with Crippen LogP contribution < -0.4 is 5.32 Å². The molecule has 2 atom stereocenters. The normalized spacial score (nSPS) is 31.7. The first-order valence-corrected chi connectivity index (χ1v) is 8.34. The van der Waals surface area contributed by atoms with E-state index in [-0.39, 0.29) is 5.60 Å². The first-order chi connectivity index (χ1) is 9.23. The predicted octanol–water partition coefficient (Wildman–Crippen LogP) is 2.80. The lowest BCUT2D eigenvalue weighted by Crippen LogP contribution is -2.48. The van der Waals surface area contributed by atoms with Gasteiger partial charge in [-0.25, -0.2) is 0 Å². The van der Waals surface area contributed by atoms with Gasteiger partial charge in [0.2, 0.25) is 0 Å². The summed E-state index contributed by atoms with van der Waals surface area (Å²) in [6.45, 7) is 11.4. The van der Waals surface area contributed by atoms with Crippen molar-refractivity contribution in [2.75, 3.05) is 26.2 Å². The summed E-state index contributed by atoms with van der Waals surface area (Å²) in [7, 11) is 0. The van der Waals surface area contributed by atoms with Crippen LogP contribution >= 0.6 is 0 Å². The van der Waals surface area contributed by atoms with Crippen molar-refractivity contribution in [3.63, 3.8) is 0 Å². The molecule has 2 aliphatic rings. The quantitative estimate of drug-likeness (QED) is 0.801. The topological polar surface area (TPSA) is 24.5 Å². The Hall–Kier alpha value is -0.120. The molecule has 2 fully saturated rings. The van der Waals surface area contributed by atoms with Gasteiger partial charge in [0, 0.05) is 31.8 Å². The molecule has 0 saturated carbocycles. The molecule has 2 rings (SSSR count). The van der Waals surface area contributed by atoms with Crippen molar-refractivity contribution in [2.24, 2.45) is 0 Å². The summed E-state index contributed by atoms with van der Waals surface area (Å²) >= 11 is 0. The summed E-state index contributed by atoms with van der Waals surface area (Å²) in [6, 6.07) is 1.47. The van der Waals surface area contributed by atoms with Gasteiger partial charge in [-0.3, -0.25) is 4.90 Å². The van der Waals surface area contributed by atoms with Gasteiger partial charge in [0.05, 0.1) is 5.60 Å². The van der Waals surface area contributed by atoms with Gasteiger partial charge >= 0.3 is 0 Å².